The number of hydrogen-bond acceptors (Lipinski definition) is 7. The van der Waals surface area contributed by atoms with Gasteiger partial charge in [0.1, 0.15) is 14.9 Å². The Morgan fingerprint density at radius 3 is 2.73 bits per heavy atom. The van der Waals surface area contributed by atoms with Crippen LogP contribution in [0.25, 0.3) is 5.69 Å². The van der Waals surface area contributed by atoms with Gasteiger partial charge < -0.3 is 0 Å². The fraction of sp³-hybridized carbons (Fsp3) is 0.333. The Morgan fingerprint density at radius 1 is 1.40 bits per heavy atom. The summed E-state index contributed by atoms with van der Waals surface area (Å²) in [6.45, 7) is 0. The van der Waals surface area contributed by atoms with E-state index in [1.165, 1.54) is 39.7 Å². The molecule has 9 heteroatoms. The van der Waals surface area contributed by atoms with Crippen LogP contribution >= 0.6 is 35.1 Å². The first kappa shape index (κ1) is 10.7. The molecule has 6 nitrogen and oxygen atoms in total. The van der Waals surface area contributed by atoms with Gasteiger partial charge in [-0.1, -0.05) is 0 Å². The summed E-state index contributed by atoms with van der Waals surface area (Å²) in [4.78, 5) is 11.4. The third kappa shape index (κ3) is 1.82. The number of aromatic nitrogens is 5. The summed E-state index contributed by atoms with van der Waals surface area (Å²) in [5.41, 5.74) is 0.375. The van der Waals surface area contributed by atoms with Crippen LogP contribution in [0.1, 0.15) is 0 Å². The summed E-state index contributed by atoms with van der Waals surface area (Å²) in [6.07, 6.45) is 3.85. The van der Waals surface area contributed by atoms with Gasteiger partial charge in [-0.3, -0.25) is 0 Å². The van der Waals surface area contributed by atoms with Crippen molar-refractivity contribution >= 4 is 35.1 Å². The molecule has 0 aliphatic carbocycles. The topological polar surface area (TPSA) is 76.5 Å². The highest BCUT2D eigenvalue weighted by atomic mass is 32.2. The average molecular weight is 261 g/mol. The summed E-state index contributed by atoms with van der Waals surface area (Å²) in [6, 6.07) is 0. The van der Waals surface area contributed by atoms with Crippen molar-refractivity contribution in [3.8, 4) is 5.69 Å². The summed E-state index contributed by atoms with van der Waals surface area (Å²) in [5.74, 6) is 0. The Kier molecular flexibility index (Phi) is 3.12. The van der Waals surface area contributed by atoms with Gasteiger partial charge in [0.05, 0.1) is 0 Å². The Morgan fingerprint density at radius 2 is 2.20 bits per heavy atom. The first-order chi connectivity index (χ1) is 7.27. The van der Waals surface area contributed by atoms with E-state index in [0.29, 0.717) is 0 Å². The SMILES string of the molecule is CSc1nsc(SC)c1-n1nn[nH]c1=O. The van der Waals surface area contributed by atoms with Crippen molar-refractivity contribution in [2.45, 2.75) is 9.24 Å². The molecule has 0 atom stereocenters. The van der Waals surface area contributed by atoms with Crippen molar-refractivity contribution < 1.29 is 0 Å². The fourth-order valence-electron chi connectivity index (χ4n) is 1.05. The van der Waals surface area contributed by atoms with E-state index in [1.54, 1.807) is 0 Å². The molecule has 0 saturated heterocycles. The molecule has 80 valence electrons. The van der Waals surface area contributed by atoms with Gasteiger partial charge in [-0.05, 0) is 34.5 Å². The first-order valence-corrected chi connectivity index (χ1v) is 7.08. The second-order valence-electron chi connectivity index (χ2n) is 2.45. The van der Waals surface area contributed by atoms with Crippen molar-refractivity contribution in [3.05, 3.63) is 10.5 Å². The van der Waals surface area contributed by atoms with Crippen LogP contribution in [0.3, 0.4) is 0 Å². The quantitative estimate of drug-likeness (QED) is 0.826. The molecule has 0 radical (unpaired) electrons. The van der Waals surface area contributed by atoms with Gasteiger partial charge in [0.2, 0.25) is 0 Å². The van der Waals surface area contributed by atoms with E-state index in [-0.39, 0.29) is 5.69 Å². The van der Waals surface area contributed by atoms with Gasteiger partial charge in [0.15, 0.2) is 0 Å². The van der Waals surface area contributed by atoms with Crippen molar-refractivity contribution in [1.82, 2.24) is 24.6 Å². The minimum atomic E-state index is -0.346. The zero-order chi connectivity index (χ0) is 10.8. The molecule has 2 heterocycles. The molecule has 0 bridgehead atoms. The van der Waals surface area contributed by atoms with Crippen molar-refractivity contribution in [2.75, 3.05) is 12.5 Å². The van der Waals surface area contributed by atoms with Crippen molar-refractivity contribution in [2.24, 2.45) is 0 Å². The molecule has 0 aromatic carbocycles. The van der Waals surface area contributed by atoms with Gasteiger partial charge in [-0.25, -0.2) is 9.89 Å². The smallest absolute Gasteiger partial charge is 0.244 e. The van der Waals surface area contributed by atoms with E-state index in [4.69, 9.17) is 0 Å². The molecule has 0 spiro atoms. The average Bonchev–Trinajstić information content (AvgIpc) is 2.82. The number of nitrogens with zero attached hydrogens (tertiary/aromatic N) is 4. The lowest BCUT2D eigenvalue weighted by molar-refractivity contribution is 0.759. The Bertz CT molecular complexity index is 493. The third-order valence-electron chi connectivity index (χ3n) is 1.67. The van der Waals surface area contributed by atoms with E-state index < -0.39 is 0 Å². The maximum Gasteiger partial charge on any atom is 0.366 e. The van der Waals surface area contributed by atoms with Crippen LogP contribution in [0.4, 0.5) is 0 Å². The molecule has 0 amide bonds. The lowest BCUT2D eigenvalue weighted by Crippen LogP contribution is -2.16. The van der Waals surface area contributed by atoms with E-state index in [0.717, 1.165) is 14.9 Å². The maximum absolute atomic E-state index is 11.4. The number of hydrogen-bond donors (Lipinski definition) is 1. The highest BCUT2D eigenvalue weighted by Gasteiger charge is 2.17. The molecule has 0 saturated carbocycles. The summed E-state index contributed by atoms with van der Waals surface area (Å²) < 4.78 is 6.44. The number of rotatable bonds is 3. The predicted molar refractivity (Wildman–Crippen MR) is 61.2 cm³/mol. The third-order valence-corrected chi connectivity index (χ3v) is 4.38. The van der Waals surface area contributed by atoms with E-state index in [1.807, 2.05) is 12.5 Å². The Hall–Kier alpha value is -0.800. The monoisotopic (exact) mass is 261 g/mol. The number of thioether (sulfide) groups is 2. The van der Waals surface area contributed by atoms with Gasteiger partial charge >= 0.3 is 5.69 Å². The lowest BCUT2D eigenvalue weighted by atomic mass is 10.6. The summed E-state index contributed by atoms with van der Waals surface area (Å²) >= 11 is 4.38. The zero-order valence-corrected chi connectivity index (χ0v) is 10.4. The molecule has 0 aliphatic heterocycles. The normalized spacial score (nSPS) is 10.8. The van der Waals surface area contributed by atoms with Crippen molar-refractivity contribution in [3.63, 3.8) is 0 Å². The molecule has 2 rings (SSSR count). The van der Waals surface area contributed by atoms with Gasteiger partial charge in [-0.15, -0.1) is 23.5 Å². The molecule has 2 aromatic rings. The number of aromatic amines is 1. The maximum atomic E-state index is 11.4. The van der Waals surface area contributed by atoms with Gasteiger partial charge in [-0.2, -0.15) is 9.06 Å². The van der Waals surface area contributed by atoms with Crippen LogP contribution in [0.5, 0.6) is 0 Å². The number of H-pyrrole nitrogens is 1. The standard InChI is InChI=1S/C6H7N5OS3/c1-13-4-3(5(14-2)15-8-4)11-6(12)7-9-10-11/h1-2H3,(H,7,10,12). The highest BCUT2D eigenvalue weighted by molar-refractivity contribution is 8.01. The zero-order valence-electron chi connectivity index (χ0n) is 7.92. The van der Waals surface area contributed by atoms with Crippen LogP contribution in [0.15, 0.2) is 14.0 Å². The molecule has 0 unspecified atom stereocenters. The minimum Gasteiger partial charge on any atom is -0.244 e. The highest BCUT2D eigenvalue weighted by Crippen LogP contribution is 2.34. The largest absolute Gasteiger partial charge is 0.366 e. The van der Waals surface area contributed by atoms with E-state index in [9.17, 15) is 4.79 Å². The molecular weight excluding hydrogens is 254 g/mol. The van der Waals surface area contributed by atoms with Crippen LogP contribution in [-0.2, 0) is 0 Å². The minimum absolute atomic E-state index is 0.346. The van der Waals surface area contributed by atoms with Gasteiger partial charge in [0.25, 0.3) is 0 Å². The van der Waals surface area contributed by atoms with E-state index >= 15 is 0 Å². The fourth-order valence-corrected chi connectivity index (χ4v) is 3.28. The summed E-state index contributed by atoms with van der Waals surface area (Å²) in [7, 11) is 0. The Balaban J connectivity index is 2.64. The van der Waals surface area contributed by atoms with E-state index in [2.05, 4.69) is 19.9 Å². The van der Waals surface area contributed by atoms with Crippen LogP contribution in [0, 0.1) is 0 Å². The van der Waals surface area contributed by atoms with Gasteiger partial charge in [0, 0.05) is 0 Å². The molecule has 2 aromatic heterocycles. The lowest BCUT2D eigenvalue weighted by Gasteiger charge is -1.98. The molecule has 0 aliphatic rings. The van der Waals surface area contributed by atoms with Crippen molar-refractivity contribution in [1.29, 1.82) is 0 Å². The first-order valence-electron chi connectivity index (χ1n) is 3.86. The second-order valence-corrected chi connectivity index (χ2v) is 5.09. The second kappa shape index (κ2) is 4.37. The summed E-state index contributed by atoms with van der Waals surface area (Å²) in [5, 5.41) is 10.2. The molecule has 15 heavy (non-hydrogen) atoms. The Labute approximate surface area is 97.6 Å². The van der Waals surface area contributed by atoms with Crippen LogP contribution in [0.2, 0.25) is 0 Å². The van der Waals surface area contributed by atoms with Crippen LogP contribution in [-0.4, -0.2) is 37.1 Å². The molecular formula is C6H7N5OS3. The predicted octanol–water partition coefficient (Wildman–Crippen LogP) is 0.856. The number of nitrogens with one attached hydrogen (secondary N) is 1. The molecule has 1 N–H and O–H groups in total. The number of tetrazole rings is 1. The van der Waals surface area contributed by atoms with Crippen LogP contribution < -0.4 is 5.69 Å². The molecule has 0 fully saturated rings.